The fraction of sp³-hybridized carbons (Fsp3) is 0.500. The second kappa shape index (κ2) is 8.35. The van der Waals surface area contributed by atoms with Gasteiger partial charge in [-0.05, 0) is 12.0 Å². The molecule has 0 aromatic heterocycles. The molecular weight excluding hydrogens is 254 g/mol. The molecule has 1 rings (SSSR count). The molecule has 0 heterocycles. The number of benzene rings is 1. The Bertz CT molecular complexity index is 431. The number of unbranched alkanes of at least 4 members (excludes halogenated alkanes) is 1. The number of esters is 1. The van der Waals surface area contributed by atoms with E-state index in [4.69, 9.17) is 4.74 Å². The zero-order valence-corrected chi connectivity index (χ0v) is 12.5. The van der Waals surface area contributed by atoms with Gasteiger partial charge in [-0.1, -0.05) is 43.7 Å². The predicted molar refractivity (Wildman–Crippen MR) is 78.2 cm³/mol. The third-order valence-electron chi connectivity index (χ3n) is 3.25. The van der Waals surface area contributed by atoms with Crippen molar-refractivity contribution >= 4 is 11.9 Å². The van der Waals surface area contributed by atoms with E-state index in [0.717, 1.165) is 18.4 Å². The van der Waals surface area contributed by atoms with Gasteiger partial charge in [0.1, 0.15) is 6.04 Å². The topological polar surface area (TPSA) is 46.6 Å². The highest BCUT2D eigenvalue weighted by Crippen LogP contribution is 2.10. The lowest BCUT2D eigenvalue weighted by atomic mass is 10.0. The summed E-state index contributed by atoms with van der Waals surface area (Å²) in [6.07, 6.45) is 2.29. The molecule has 0 saturated carbocycles. The lowest BCUT2D eigenvalue weighted by Crippen LogP contribution is -2.43. The zero-order chi connectivity index (χ0) is 15.0. The average Bonchev–Trinajstić information content (AvgIpc) is 2.45. The number of hydrogen-bond donors (Lipinski definition) is 0. The van der Waals surface area contributed by atoms with Gasteiger partial charge in [-0.3, -0.25) is 4.79 Å². The molecule has 0 aliphatic heterocycles. The molecule has 4 heteroatoms. The van der Waals surface area contributed by atoms with Crippen molar-refractivity contribution < 1.29 is 14.3 Å². The number of likely N-dealkylation sites (N-methyl/N-ethyl adjacent to an activating group) is 1. The highest BCUT2D eigenvalue weighted by atomic mass is 16.5. The largest absolute Gasteiger partial charge is 0.464 e. The summed E-state index contributed by atoms with van der Waals surface area (Å²) in [4.78, 5) is 25.1. The van der Waals surface area contributed by atoms with Crippen LogP contribution in [0, 0.1) is 0 Å². The van der Waals surface area contributed by atoms with E-state index < -0.39 is 6.04 Å². The van der Waals surface area contributed by atoms with Crippen molar-refractivity contribution in [2.45, 2.75) is 39.2 Å². The number of carbonyl (C=O) groups is 2. The molecule has 0 unspecified atom stereocenters. The monoisotopic (exact) mass is 277 g/mol. The summed E-state index contributed by atoms with van der Waals surface area (Å²) >= 11 is 0. The Hall–Kier alpha value is -1.84. The molecule has 0 bridgehead atoms. The van der Waals surface area contributed by atoms with E-state index in [-0.39, 0.29) is 11.9 Å². The first-order chi connectivity index (χ1) is 9.56. The minimum Gasteiger partial charge on any atom is -0.464 e. The highest BCUT2D eigenvalue weighted by molar-refractivity contribution is 5.83. The van der Waals surface area contributed by atoms with Gasteiger partial charge in [0.15, 0.2) is 0 Å². The van der Waals surface area contributed by atoms with E-state index in [1.807, 2.05) is 37.3 Å². The molecule has 0 N–H and O–H groups in total. The maximum absolute atomic E-state index is 12.2. The van der Waals surface area contributed by atoms with Crippen LogP contribution in [-0.4, -0.2) is 36.5 Å². The molecule has 0 fully saturated rings. The molecular formula is C16H23NO3. The lowest BCUT2D eigenvalue weighted by Gasteiger charge is -2.25. The molecule has 1 aromatic rings. The van der Waals surface area contributed by atoms with Crippen LogP contribution in [-0.2, 0) is 20.7 Å². The Morgan fingerprint density at radius 3 is 2.45 bits per heavy atom. The predicted octanol–water partition coefficient (Wildman–Crippen LogP) is 2.42. The van der Waals surface area contributed by atoms with Crippen LogP contribution in [0.2, 0.25) is 0 Å². The number of carbonyl (C=O) groups excluding carboxylic acids is 2. The Kier molecular flexibility index (Phi) is 6.77. The highest BCUT2D eigenvalue weighted by Gasteiger charge is 2.26. The summed E-state index contributed by atoms with van der Waals surface area (Å²) < 4.78 is 5.26. The minimum atomic E-state index is -0.563. The maximum Gasteiger partial charge on any atom is 0.329 e. The summed E-state index contributed by atoms with van der Waals surface area (Å²) in [6.45, 7) is 3.90. The van der Waals surface area contributed by atoms with E-state index >= 15 is 0 Å². The molecule has 1 aromatic carbocycles. The van der Waals surface area contributed by atoms with E-state index in [1.54, 1.807) is 7.05 Å². The van der Waals surface area contributed by atoms with Gasteiger partial charge in [-0.15, -0.1) is 0 Å². The van der Waals surface area contributed by atoms with Crippen LogP contribution in [0.25, 0.3) is 0 Å². The van der Waals surface area contributed by atoms with Crippen LogP contribution in [0.15, 0.2) is 30.3 Å². The van der Waals surface area contributed by atoms with Gasteiger partial charge in [0.25, 0.3) is 0 Å². The van der Waals surface area contributed by atoms with E-state index in [9.17, 15) is 9.59 Å². The first-order valence-electron chi connectivity index (χ1n) is 7.00. The smallest absolute Gasteiger partial charge is 0.329 e. The van der Waals surface area contributed by atoms with Gasteiger partial charge in [0, 0.05) is 20.4 Å². The van der Waals surface area contributed by atoms with Gasteiger partial charge >= 0.3 is 5.97 Å². The standard InChI is InChI=1S/C16H23NO3/c1-4-5-11-20-16(19)15(17(3)13(2)18)12-14-9-7-6-8-10-14/h6-10,15H,4-5,11-12H2,1-3H3/t15-/m0/s1. The summed E-state index contributed by atoms with van der Waals surface area (Å²) in [5, 5.41) is 0. The van der Waals surface area contributed by atoms with E-state index in [2.05, 4.69) is 0 Å². The Balaban J connectivity index is 2.74. The third-order valence-corrected chi connectivity index (χ3v) is 3.25. The Morgan fingerprint density at radius 1 is 1.25 bits per heavy atom. The van der Waals surface area contributed by atoms with Crippen LogP contribution in [0.3, 0.4) is 0 Å². The molecule has 0 saturated heterocycles. The molecule has 1 amide bonds. The zero-order valence-electron chi connectivity index (χ0n) is 12.5. The molecule has 0 aliphatic carbocycles. The maximum atomic E-state index is 12.2. The lowest BCUT2D eigenvalue weighted by molar-refractivity contribution is -0.153. The summed E-state index contributed by atoms with van der Waals surface area (Å²) in [7, 11) is 1.64. The second-order valence-corrected chi connectivity index (χ2v) is 4.86. The van der Waals surface area contributed by atoms with Crippen molar-refractivity contribution in [3.8, 4) is 0 Å². The fourth-order valence-corrected chi connectivity index (χ4v) is 1.85. The van der Waals surface area contributed by atoms with Crippen molar-refractivity contribution in [1.82, 2.24) is 4.90 Å². The van der Waals surface area contributed by atoms with Gasteiger partial charge in [-0.2, -0.15) is 0 Å². The normalized spacial score (nSPS) is 11.8. The quantitative estimate of drug-likeness (QED) is 0.568. The van der Waals surface area contributed by atoms with Crippen LogP contribution in [0.4, 0.5) is 0 Å². The molecule has 1 atom stereocenters. The SMILES string of the molecule is CCCCOC(=O)[C@H](Cc1ccccc1)N(C)C(C)=O. The average molecular weight is 277 g/mol. The fourth-order valence-electron chi connectivity index (χ4n) is 1.85. The first kappa shape index (κ1) is 16.2. The molecule has 20 heavy (non-hydrogen) atoms. The Labute approximate surface area is 120 Å². The molecule has 4 nitrogen and oxygen atoms in total. The van der Waals surface area contributed by atoms with Crippen molar-refractivity contribution in [1.29, 1.82) is 0 Å². The number of amides is 1. The van der Waals surface area contributed by atoms with Gasteiger partial charge in [0.2, 0.25) is 5.91 Å². The van der Waals surface area contributed by atoms with Crippen molar-refractivity contribution in [2.24, 2.45) is 0 Å². The van der Waals surface area contributed by atoms with Crippen molar-refractivity contribution in [2.75, 3.05) is 13.7 Å². The van der Waals surface area contributed by atoms with Crippen molar-refractivity contribution in [3.63, 3.8) is 0 Å². The van der Waals surface area contributed by atoms with Crippen LogP contribution in [0.5, 0.6) is 0 Å². The van der Waals surface area contributed by atoms with Gasteiger partial charge < -0.3 is 9.64 Å². The van der Waals surface area contributed by atoms with Gasteiger partial charge in [-0.25, -0.2) is 4.79 Å². The number of ether oxygens (including phenoxy) is 1. The number of nitrogens with zero attached hydrogens (tertiary/aromatic N) is 1. The molecule has 110 valence electrons. The minimum absolute atomic E-state index is 0.140. The Morgan fingerprint density at radius 2 is 1.90 bits per heavy atom. The number of rotatable bonds is 7. The van der Waals surface area contributed by atoms with Gasteiger partial charge in [0.05, 0.1) is 6.61 Å². The molecule has 0 radical (unpaired) electrons. The van der Waals surface area contributed by atoms with Crippen LogP contribution in [0.1, 0.15) is 32.3 Å². The van der Waals surface area contributed by atoms with E-state index in [1.165, 1.54) is 11.8 Å². The van der Waals surface area contributed by atoms with Crippen LogP contribution < -0.4 is 0 Å². The molecule has 0 aliphatic rings. The summed E-state index contributed by atoms with van der Waals surface area (Å²) in [5.74, 6) is -0.474. The number of hydrogen-bond acceptors (Lipinski definition) is 3. The second-order valence-electron chi connectivity index (χ2n) is 4.86. The molecule has 0 spiro atoms. The first-order valence-corrected chi connectivity index (χ1v) is 7.00. The third kappa shape index (κ3) is 5.03. The van der Waals surface area contributed by atoms with Crippen molar-refractivity contribution in [3.05, 3.63) is 35.9 Å². The summed E-state index contributed by atoms with van der Waals surface area (Å²) in [6, 6.07) is 9.09. The summed E-state index contributed by atoms with van der Waals surface area (Å²) in [5.41, 5.74) is 1.01. The van der Waals surface area contributed by atoms with Crippen LogP contribution >= 0.6 is 0 Å². The van der Waals surface area contributed by atoms with E-state index in [0.29, 0.717) is 13.0 Å².